The number of nitrogens with zero attached hydrogens (tertiary/aromatic N) is 1. The molecule has 0 heterocycles. The molecule has 0 bridgehead atoms. The van der Waals surface area contributed by atoms with Crippen molar-refractivity contribution in [3.63, 3.8) is 0 Å². The highest BCUT2D eigenvalue weighted by atomic mass is 32.2. The highest BCUT2D eigenvalue weighted by molar-refractivity contribution is 7.89. The van der Waals surface area contributed by atoms with Crippen LogP contribution in [0.1, 0.15) is 30.0 Å². The second kappa shape index (κ2) is 10.4. The maximum Gasteiger partial charge on any atom is 0.240 e. The monoisotopic (exact) mass is 417 g/mol. The van der Waals surface area contributed by atoms with Crippen molar-refractivity contribution >= 4 is 21.6 Å². The molecule has 2 aromatic rings. The first-order valence-electron chi connectivity index (χ1n) is 9.88. The van der Waals surface area contributed by atoms with Crippen LogP contribution in [0.25, 0.3) is 0 Å². The van der Waals surface area contributed by atoms with Gasteiger partial charge < -0.3 is 10.2 Å². The number of hydrogen-bond donors (Lipinski definition) is 2. The van der Waals surface area contributed by atoms with E-state index in [0.717, 1.165) is 17.8 Å². The summed E-state index contributed by atoms with van der Waals surface area (Å²) >= 11 is 0. The van der Waals surface area contributed by atoms with E-state index in [1.165, 1.54) is 5.56 Å². The quantitative estimate of drug-likeness (QED) is 0.623. The van der Waals surface area contributed by atoms with E-state index in [4.69, 9.17) is 0 Å². The lowest BCUT2D eigenvalue weighted by Gasteiger charge is -2.25. The Bertz CT molecular complexity index is 942. The second-order valence-electron chi connectivity index (χ2n) is 7.13. The molecule has 2 rings (SSSR count). The van der Waals surface area contributed by atoms with Crippen molar-refractivity contribution < 1.29 is 13.2 Å². The lowest BCUT2D eigenvalue weighted by atomic mass is 10.2. The van der Waals surface area contributed by atoms with E-state index < -0.39 is 10.0 Å². The van der Waals surface area contributed by atoms with Crippen molar-refractivity contribution in [2.75, 3.05) is 31.1 Å². The number of carbonyl (C=O) groups excluding carboxylic acids is 1. The predicted molar refractivity (Wildman–Crippen MR) is 118 cm³/mol. The SMILES string of the molecule is CCN(CCNC(=O)CCNS(=O)(=O)c1ccc(C)cc1C)c1ccccc1C. The first-order chi connectivity index (χ1) is 13.7. The van der Waals surface area contributed by atoms with Crippen LogP contribution in [-0.4, -0.2) is 40.5 Å². The molecule has 0 fully saturated rings. The minimum absolute atomic E-state index is 0.0662. The first kappa shape index (κ1) is 22.9. The van der Waals surface area contributed by atoms with Crippen LogP contribution >= 0.6 is 0 Å². The van der Waals surface area contributed by atoms with Crippen molar-refractivity contribution in [3.05, 3.63) is 59.2 Å². The Morgan fingerprint density at radius 2 is 1.72 bits per heavy atom. The number of carbonyl (C=O) groups is 1. The molecule has 1 amide bonds. The van der Waals surface area contributed by atoms with Gasteiger partial charge in [0.25, 0.3) is 0 Å². The molecule has 0 radical (unpaired) electrons. The van der Waals surface area contributed by atoms with E-state index in [1.807, 2.05) is 25.1 Å². The van der Waals surface area contributed by atoms with E-state index in [0.29, 0.717) is 18.7 Å². The highest BCUT2D eigenvalue weighted by Gasteiger charge is 2.16. The Balaban J connectivity index is 1.79. The average Bonchev–Trinajstić information content (AvgIpc) is 2.65. The first-order valence-corrected chi connectivity index (χ1v) is 11.4. The third-order valence-corrected chi connectivity index (χ3v) is 6.43. The van der Waals surface area contributed by atoms with Gasteiger partial charge in [-0.15, -0.1) is 0 Å². The second-order valence-corrected chi connectivity index (χ2v) is 8.87. The topological polar surface area (TPSA) is 78.5 Å². The molecule has 0 aliphatic carbocycles. The number of rotatable bonds is 10. The zero-order valence-corrected chi connectivity index (χ0v) is 18.5. The summed E-state index contributed by atoms with van der Waals surface area (Å²) in [6.45, 7) is 9.94. The van der Waals surface area contributed by atoms with Crippen molar-refractivity contribution in [1.82, 2.24) is 10.0 Å². The molecule has 0 saturated carbocycles. The molecule has 0 aromatic heterocycles. The molecule has 0 unspecified atom stereocenters. The summed E-state index contributed by atoms with van der Waals surface area (Å²) in [5.41, 5.74) is 4.05. The van der Waals surface area contributed by atoms with E-state index in [-0.39, 0.29) is 23.8 Å². The van der Waals surface area contributed by atoms with Gasteiger partial charge in [-0.25, -0.2) is 13.1 Å². The third-order valence-electron chi connectivity index (χ3n) is 4.81. The zero-order chi connectivity index (χ0) is 21.4. The predicted octanol–water partition coefficient (Wildman–Crippen LogP) is 2.92. The van der Waals surface area contributed by atoms with Gasteiger partial charge in [0, 0.05) is 38.3 Å². The number of aryl methyl sites for hydroxylation is 3. The summed E-state index contributed by atoms with van der Waals surface area (Å²) in [6.07, 6.45) is 0.0978. The third kappa shape index (κ3) is 6.58. The Morgan fingerprint density at radius 1 is 1.00 bits per heavy atom. The minimum atomic E-state index is -3.62. The van der Waals surface area contributed by atoms with Crippen LogP contribution < -0.4 is 14.9 Å². The number of hydrogen-bond acceptors (Lipinski definition) is 4. The number of benzene rings is 2. The number of sulfonamides is 1. The molecule has 0 atom stereocenters. The Hall–Kier alpha value is -2.38. The van der Waals surface area contributed by atoms with Crippen LogP contribution in [0, 0.1) is 20.8 Å². The van der Waals surface area contributed by atoms with E-state index in [2.05, 4.69) is 40.9 Å². The molecular formula is C22H31N3O3S. The number of nitrogens with one attached hydrogen (secondary N) is 2. The summed E-state index contributed by atoms with van der Waals surface area (Å²) < 4.78 is 27.4. The maximum atomic E-state index is 12.4. The molecule has 0 aliphatic heterocycles. The molecule has 0 aliphatic rings. The Kier molecular flexibility index (Phi) is 8.22. The molecule has 2 aromatic carbocycles. The molecule has 0 saturated heterocycles. The molecule has 29 heavy (non-hydrogen) atoms. The number of amides is 1. The van der Waals surface area contributed by atoms with Gasteiger partial charge in [-0.1, -0.05) is 35.9 Å². The van der Waals surface area contributed by atoms with Crippen LogP contribution in [0.4, 0.5) is 5.69 Å². The van der Waals surface area contributed by atoms with Gasteiger partial charge in [0.05, 0.1) is 4.90 Å². The maximum absolute atomic E-state index is 12.4. The zero-order valence-electron chi connectivity index (χ0n) is 17.7. The van der Waals surface area contributed by atoms with Crippen LogP contribution in [0.5, 0.6) is 0 Å². The fraction of sp³-hybridized carbons (Fsp3) is 0.409. The molecule has 6 nitrogen and oxygen atoms in total. The average molecular weight is 418 g/mol. The summed E-state index contributed by atoms with van der Waals surface area (Å²) in [5.74, 6) is -0.172. The molecule has 0 spiro atoms. The van der Waals surface area contributed by atoms with Crippen molar-refractivity contribution in [1.29, 1.82) is 0 Å². The smallest absolute Gasteiger partial charge is 0.240 e. The fourth-order valence-electron chi connectivity index (χ4n) is 3.26. The van der Waals surface area contributed by atoms with Gasteiger partial charge >= 0.3 is 0 Å². The van der Waals surface area contributed by atoms with Gasteiger partial charge in [-0.05, 0) is 51.0 Å². The Morgan fingerprint density at radius 3 is 2.38 bits per heavy atom. The lowest BCUT2D eigenvalue weighted by molar-refractivity contribution is -0.120. The Labute approximate surface area is 174 Å². The van der Waals surface area contributed by atoms with Crippen LogP contribution in [0.2, 0.25) is 0 Å². The summed E-state index contributed by atoms with van der Waals surface area (Å²) in [5, 5.41) is 2.87. The summed E-state index contributed by atoms with van der Waals surface area (Å²) in [6, 6.07) is 13.3. The minimum Gasteiger partial charge on any atom is -0.370 e. The fourth-order valence-corrected chi connectivity index (χ4v) is 4.52. The van der Waals surface area contributed by atoms with Gasteiger partial charge in [-0.3, -0.25) is 4.79 Å². The van der Waals surface area contributed by atoms with E-state index >= 15 is 0 Å². The van der Waals surface area contributed by atoms with E-state index in [1.54, 1.807) is 19.1 Å². The van der Waals surface area contributed by atoms with Crippen LogP contribution in [0.3, 0.4) is 0 Å². The van der Waals surface area contributed by atoms with Gasteiger partial charge in [0.15, 0.2) is 0 Å². The van der Waals surface area contributed by atoms with Crippen molar-refractivity contribution in [2.45, 2.75) is 39.0 Å². The summed E-state index contributed by atoms with van der Waals surface area (Å²) in [4.78, 5) is 14.5. The molecule has 7 heteroatoms. The summed E-state index contributed by atoms with van der Waals surface area (Å²) in [7, 11) is -3.62. The number of para-hydroxylation sites is 1. The van der Waals surface area contributed by atoms with Crippen molar-refractivity contribution in [2.24, 2.45) is 0 Å². The molecular weight excluding hydrogens is 386 g/mol. The lowest BCUT2D eigenvalue weighted by Crippen LogP contribution is -2.36. The van der Waals surface area contributed by atoms with Gasteiger partial charge in [0.1, 0.15) is 0 Å². The van der Waals surface area contributed by atoms with Crippen molar-refractivity contribution in [3.8, 4) is 0 Å². The van der Waals surface area contributed by atoms with Crippen LogP contribution in [0.15, 0.2) is 47.4 Å². The molecule has 2 N–H and O–H groups in total. The largest absolute Gasteiger partial charge is 0.370 e. The van der Waals surface area contributed by atoms with Gasteiger partial charge in [-0.2, -0.15) is 0 Å². The standard InChI is InChI=1S/C22H31N3O3S/c1-5-25(20-9-7-6-8-18(20)3)15-14-23-22(26)12-13-24-29(27,28)21-11-10-17(2)16-19(21)4/h6-11,16,24H,5,12-15H2,1-4H3,(H,23,26). The highest BCUT2D eigenvalue weighted by Crippen LogP contribution is 2.18. The van der Waals surface area contributed by atoms with Gasteiger partial charge in [0.2, 0.25) is 15.9 Å². The molecule has 158 valence electrons. The number of likely N-dealkylation sites (N-methyl/N-ethyl adjacent to an activating group) is 1. The normalized spacial score (nSPS) is 11.3. The number of anilines is 1. The van der Waals surface area contributed by atoms with E-state index in [9.17, 15) is 13.2 Å². The van der Waals surface area contributed by atoms with Crippen LogP contribution in [-0.2, 0) is 14.8 Å².